The van der Waals surface area contributed by atoms with Crippen molar-refractivity contribution in [2.75, 3.05) is 6.61 Å². The highest BCUT2D eigenvalue weighted by molar-refractivity contribution is 5.72. The number of benzene rings is 2. The number of ether oxygens (including phenoxy) is 3. The van der Waals surface area contributed by atoms with Crippen LogP contribution in [0.25, 0.3) is 11.1 Å². The molecule has 35 heavy (non-hydrogen) atoms. The first kappa shape index (κ1) is 25.9. The first-order valence-electron chi connectivity index (χ1n) is 11.2. The first-order chi connectivity index (χ1) is 16.7. The smallest absolute Gasteiger partial charge is 0.344 e. The van der Waals surface area contributed by atoms with Crippen LogP contribution in [0.3, 0.4) is 0 Å². The second-order valence-electron chi connectivity index (χ2n) is 8.32. The minimum atomic E-state index is -1.34. The van der Waals surface area contributed by atoms with Crippen molar-refractivity contribution in [1.82, 2.24) is 4.98 Å². The number of nitrogens with zero attached hydrogens (tertiary/aromatic N) is 1. The highest BCUT2D eigenvalue weighted by atomic mass is 19.1. The van der Waals surface area contributed by atoms with Crippen LogP contribution in [0.5, 0.6) is 23.3 Å². The van der Waals surface area contributed by atoms with Gasteiger partial charge in [0, 0.05) is 18.7 Å². The molecule has 0 radical (unpaired) electrons. The van der Waals surface area contributed by atoms with Crippen molar-refractivity contribution in [3.8, 4) is 34.4 Å². The van der Waals surface area contributed by atoms with Gasteiger partial charge in [0.25, 0.3) is 11.8 Å². The van der Waals surface area contributed by atoms with Crippen LogP contribution in [0, 0.1) is 17.6 Å². The monoisotopic (exact) mass is 486 g/mol. The number of aromatic nitrogens is 1. The maximum Gasteiger partial charge on any atom is 0.344 e. The van der Waals surface area contributed by atoms with E-state index in [-0.39, 0.29) is 18.1 Å². The predicted molar refractivity (Wildman–Crippen MR) is 127 cm³/mol. The number of carbonyl (C=O) groups is 1. The van der Waals surface area contributed by atoms with E-state index in [2.05, 4.69) is 4.98 Å². The molecule has 0 amide bonds. The molecular formula is C26H28F2N2O5. The summed E-state index contributed by atoms with van der Waals surface area (Å²) in [4.78, 5) is 15.0. The van der Waals surface area contributed by atoms with E-state index >= 15 is 0 Å². The highest BCUT2D eigenvalue weighted by Gasteiger charge is 2.22. The van der Waals surface area contributed by atoms with Gasteiger partial charge in [-0.2, -0.15) is 4.98 Å². The van der Waals surface area contributed by atoms with Gasteiger partial charge in [-0.3, -0.25) is 0 Å². The molecule has 0 saturated carbocycles. The van der Waals surface area contributed by atoms with E-state index in [1.165, 1.54) is 0 Å². The lowest BCUT2D eigenvalue weighted by molar-refractivity contribution is -0.145. The van der Waals surface area contributed by atoms with Crippen LogP contribution in [-0.2, 0) is 11.3 Å². The van der Waals surface area contributed by atoms with E-state index in [0.717, 1.165) is 16.7 Å². The predicted octanol–water partition coefficient (Wildman–Crippen LogP) is 5.55. The molecule has 1 heterocycles. The SMILES string of the molecule is CCC(Oc1nc(Oc2cc(OCC(C)C)cc(-c3cccc(CN)c3)c2)c(F)cc1F)C(=O)O. The molecule has 0 spiro atoms. The van der Waals surface area contributed by atoms with Crippen molar-refractivity contribution in [1.29, 1.82) is 0 Å². The van der Waals surface area contributed by atoms with E-state index in [9.17, 15) is 18.7 Å². The molecule has 0 bridgehead atoms. The Bertz CT molecular complexity index is 1190. The van der Waals surface area contributed by atoms with Crippen LogP contribution in [0.15, 0.2) is 48.5 Å². The molecule has 0 saturated heterocycles. The van der Waals surface area contributed by atoms with E-state index in [4.69, 9.17) is 19.9 Å². The second-order valence-corrected chi connectivity index (χ2v) is 8.32. The summed E-state index contributed by atoms with van der Waals surface area (Å²) in [6, 6.07) is 13.2. The average molecular weight is 487 g/mol. The molecule has 0 aliphatic rings. The molecule has 2 aromatic carbocycles. The van der Waals surface area contributed by atoms with Crippen molar-refractivity contribution in [3.63, 3.8) is 0 Å². The zero-order valence-electron chi connectivity index (χ0n) is 19.8. The molecule has 1 atom stereocenters. The lowest BCUT2D eigenvalue weighted by Crippen LogP contribution is -2.26. The lowest BCUT2D eigenvalue weighted by atomic mass is 10.0. The van der Waals surface area contributed by atoms with Crippen LogP contribution in [0.4, 0.5) is 8.78 Å². The highest BCUT2D eigenvalue weighted by Crippen LogP contribution is 2.34. The summed E-state index contributed by atoms with van der Waals surface area (Å²) in [6.45, 7) is 6.38. The topological polar surface area (TPSA) is 104 Å². The number of carboxylic acids is 1. The molecule has 0 aliphatic carbocycles. The van der Waals surface area contributed by atoms with Crippen molar-refractivity contribution >= 4 is 5.97 Å². The maximum atomic E-state index is 14.5. The fourth-order valence-electron chi connectivity index (χ4n) is 3.16. The Kier molecular flexibility index (Phi) is 8.59. The van der Waals surface area contributed by atoms with Gasteiger partial charge < -0.3 is 25.1 Å². The number of aliphatic carboxylic acids is 1. The Morgan fingerprint density at radius 1 is 1.03 bits per heavy atom. The number of hydrogen-bond acceptors (Lipinski definition) is 6. The Hall–Kier alpha value is -3.72. The summed E-state index contributed by atoms with van der Waals surface area (Å²) in [5.41, 5.74) is 8.27. The van der Waals surface area contributed by atoms with E-state index in [1.807, 2.05) is 44.2 Å². The molecule has 0 aliphatic heterocycles. The van der Waals surface area contributed by atoms with Gasteiger partial charge in [-0.05, 0) is 47.2 Å². The van der Waals surface area contributed by atoms with Crippen molar-refractivity contribution in [2.45, 2.75) is 39.8 Å². The van der Waals surface area contributed by atoms with Gasteiger partial charge in [-0.25, -0.2) is 13.6 Å². The molecular weight excluding hydrogens is 458 g/mol. The number of carboxylic acid groups (broad SMARTS) is 1. The van der Waals surface area contributed by atoms with Gasteiger partial charge in [0.15, 0.2) is 17.7 Å². The summed E-state index contributed by atoms with van der Waals surface area (Å²) in [6.07, 6.45) is -1.28. The number of pyridine rings is 1. The van der Waals surface area contributed by atoms with Gasteiger partial charge in [0.1, 0.15) is 11.5 Å². The van der Waals surface area contributed by atoms with E-state index in [1.54, 1.807) is 19.1 Å². The summed E-state index contributed by atoms with van der Waals surface area (Å²) in [5.74, 6) is -3.79. The summed E-state index contributed by atoms with van der Waals surface area (Å²) < 4.78 is 45.4. The van der Waals surface area contributed by atoms with E-state index in [0.29, 0.717) is 25.0 Å². The minimum absolute atomic E-state index is 0.0600. The van der Waals surface area contributed by atoms with Gasteiger partial charge in [0.05, 0.1) is 6.61 Å². The minimum Gasteiger partial charge on any atom is -0.493 e. The molecule has 9 heteroatoms. The quantitative estimate of drug-likeness (QED) is 0.366. The summed E-state index contributed by atoms with van der Waals surface area (Å²) in [5, 5.41) is 9.18. The zero-order valence-corrected chi connectivity index (χ0v) is 19.8. The number of halogens is 2. The zero-order chi connectivity index (χ0) is 25.5. The molecule has 186 valence electrons. The Labute approximate surface area is 202 Å². The molecule has 0 fully saturated rings. The van der Waals surface area contributed by atoms with Gasteiger partial charge in [0.2, 0.25) is 0 Å². The van der Waals surface area contributed by atoms with Crippen LogP contribution in [0.2, 0.25) is 0 Å². The Morgan fingerprint density at radius 2 is 1.74 bits per heavy atom. The van der Waals surface area contributed by atoms with Crippen molar-refractivity contribution in [2.24, 2.45) is 11.7 Å². The Morgan fingerprint density at radius 3 is 2.40 bits per heavy atom. The standard InChI is InChI=1S/C26H28F2N2O5/c1-4-23(26(31)32)35-25-22(28)12-21(27)24(30-25)34-20-10-18(9-19(11-20)33-14-15(2)3)17-7-5-6-16(8-17)13-29/h5-12,15,23H,4,13-14,29H2,1-3H3,(H,31,32). The summed E-state index contributed by atoms with van der Waals surface area (Å²) in [7, 11) is 0. The molecule has 1 unspecified atom stereocenters. The van der Waals surface area contributed by atoms with Gasteiger partial charge >= 0.3 is 5.97 Å². The molecule has 3 N–H and O–H groups in total. The van der Waals surface area contributed by atoms with Crippen molar-refractivity contribution < 1.29 is 32.9 Å². The van der Waals surface area contributed by atoms with E-state index < -0.39 is 35.5 Å². The number of rotatable bonds is 11. The normalized spacial score (nSPS) is 11.9. The third-order valence-electron chi connectivity index (χ3n) is 4.94. The Balaban J connectivity index is 1.99. The number of nitrogens with two attached hydrogens (primary N) is 1. The summed E-state index contributed by atoms with van der Waals surface area (Å²) >= 11 is 0. The molecule has 1 aromatic heterocycles. The van der Waals surface area contributed by atoms with Crippen LogP contribution in [0.1, 0.15) is 32.8 Å². The van der Waals surface area contributed by atoms with Crippen LogP contribution < -0.4 is 19.9 Å². The van der Waals surface area contributed by atoms with Crippen molar-refractivity contribution in [3.05, 3.63) is 65.7 Å². The maximum absolute atomic E-state index is 14.5. The van der Waals surface area contributed by atoms with Gasteiger partial charge in [-0.15, -0.1) is 0 Å². The van der Waals surface area contributed by atoms with Crippen LogP contribution in [-0.4, -0.2) is 28.8 Å². The third kappa shape index (κ3) is 6.89. The second kappa shape index (κ2) is 11.6. The third-order valence-corrected chi connectivity index (χ3v) is 4.94. The molecule has 7 nitrogen and oxygen atoms in total. The van der Waals surface area contributed by atoms with Gasteiger partial charge in [-0.1, -0.05) is 39.0 Å². The fraction of sp³-hybridized carbons (Fsp3) is 0.308. The number of hydrogen-bond donors (Lipinski definition) is 2. The lowest BCUT2D eigenvalue weighted by Gasteiger charge is -2.16. The first-order valence-corrected chi connectivity index (χ1v) is 11.2. The molecule has 3 rings (SSSR count). The van der Waals surface area contributed by atoms with Crippen LogP contribution >= 0.6 is 0 Å². The largest absolute Gasteiger partial charge is 0.493 e. The fourth-order valence-corrected chi connectivity index (χ4v) is 3.16. The average Bonchev–Trinajstić information content (AvgIpc) is 2.83. The molecule has 3 aromatic rings.